The van der Waals surface area contributed by atoms with Crippen LogP contribution in [0.5, 0.6) is 0 Å². The number of carboxylic acid groups (broad SMARTS) is 1. The van der Waals surface area contributed by atoms with E-state index in [1.54, 1.807) is 0 Å². The van der Waals surface area contributed by atoms with Crippen molar-refractivity contribution in [1.29, 1.82) is 0 Å². The molecule has 1 heterocycles. The van der Waals surface area contributed by atoms with Crippen LogP contribution in [0.1, 0.15) is 31.2 Å². The Hall–Kier alpha value is -2.42. The molecule has 1 fully saturated rings. The first kappa shape index (κ1) is 17.9. The van der Waals surface area contributed by atoms with Crippen molar-refractivity contribution in [3.63, 3.8) is 0 Å². The summed E-state index contributed by atoms with van der Waals surface area (Å²) >= 11 is 0. The summed E-state index contributed by atoms with van der Waals surface area (Å²) in [5.74, 6) is -1.64. The molecule has 132 valence electrons. The van der Waals surface area contributed by atoms with Crippen molar-refractivity contribution in [1.82, 2.24) is 14.5 Å². The number of carbonyl (C=O) groups excluding carboxylic acids is 1. The zero-order valence-electron chi connectivity index (χ0n) is 13.5. The zero-order valence-corrected chi connectivity index (χ0v) is 13.5. The molecule has 0 spiro atoms. The minimum Gasteiger partial charge on any atom is -0.480 e. The number of hydrogen-bond acceptors (Lipinski definition) is 5. The lowest BCUT2D eigenvalue weighted by Crippen LogP contribution is -2.54. The standard InChI is InChI=1S/C15H22N4O5/c1-9-6-18(15(24)17-14(9)23)7-12(20)19(8-13(21)22)11-5-3-2-4-10(11)16/h6,10-11H,2-5,7-8,16H2,1H3,(H,21,22)(H,17,23,24)/t10-,11-/m0/s1. The number of nitrogens with two attached hydrogens (primary N) is 1. The summed E-state index contributed by atoms with van der Waals surface area (Å²) in [5.41, 5.74) is 5.13. The van der Waals surface area contributed by atoms with Crippen LogP contribution in [0.2, 0.25) is 0 Å². The number of aromatic nitrogens is 2. The van der Waals surface area contributed by atoms with E-state index in [9.17, 15) is 19.2 Å². The van der Waals surface area contributed by atoms with Crippen LogP contribution in [0.25, 0.3) is 0 Å². The molecule has 0 unspecified atom stereocenters. The number of carbonyl (C=O) groups is 2. The number of nitrogens with zero attached hydrogens (tertiary/aromatic N) is 2. The van der Waals surface area contributed by atoms with Crippen LogP contribution in [0.15, 0.2) is 15.8 Å². The van der Waals surface area contributed by atoms with Crippen molar-refractivity contribution in [3.8, 4) is 0 Å². The topological polar surface area (TPSA) is 138 Å². The number of H-pyrrole nitrogens is 1. The number of nitrogens with one attached hydrogen (secondary N) is 1. The molecule has 1 saturated carbocycles. The molecule has 0 saturated heterocycles. The van der Waals surface area contributed by atoms with Crippen molar-refractivity contribution in [2.24, 2.45) is 5.73 Å². The third-order valence-corrected chi connectivity index (χ3v) is 4.30. The lowest BCUT2D eigenvalue weighted by molar-refractivity contribution is -0.147. The van der Waals surface area contributed by atoms with E-state index < -0.39 is 29.7 Å². The van der Waals surface area contributed by atoms with E-state index in [1.165, 1.54) is 18.0 Å². The monoisotopic (exact) mass is 338 g/mol. The Bertz CT molecular complexity index is 738. The van der Waals surface area contributed by atoms with E-state index in [1.807, 2.05) is 0 Å². The lowest BCUT2D eigenvalue weighted by atomic mass is 9.89. The molecule has 9 nitrogen and oxygen atoms in total. The van der Waals surface area contributed by atoms with Gasteiger partial charge in [0.05, 0.1) is 0 Å². The van der Waals surface area contributed by atoms with Gasteiger partial charge in [-0.2, -0.15) is 0 Å². The van der Waals surface area contributed by atoms with E-state index in [4.69, 9.17) is 10.8 Å². The minimum absolute atomic E-state index is 0.281. The summed E-state index contributed by atoms with van der Waals surface area (Å²) in [6, 6.07) is -0.641. The van der Waals surface area contributed by atoms with Gasteiger partial charge < -0.3 is 15.7 Å². The fraction of sp³-hybridized carbons (Fsp3) is 0.600. The molecule has 1 aromatic rings. The number of aromatic amines is 1. The largest absolute Gasteiger partial charge is 0.480 e. The molecule has 0 bridgehead atoms. The van der Waals surface area contributed by atoms with Crippen molar-refractivity contribution in [3.05, 3.63) is 32.6 Å². The molecule has 0 aromatic carbocycles. The number of rotatable bonds is 5. The quantitative estimate of drug-likeness (QED) is 0.631. The van der Waals surface area contributed by atoms with Crippen molar-refractivity contribution in [2.45, 2.75) is 51.2 Å². The highest BCUT2D eigenvalue weighted by Gasteiger charge is 2.32. The predicted molar refractivity (Wildman–Crippen MR) is 85.6 cm³/mol. The van der Waals surface area contributed by atoms with Crippen LogP contribution in [-0.4, -0.2) is 50.1 Å². The number of aryl methyl sites for hydroxylation is 1. The van der Waals surface area contributed by atoms with E-state index in [0.717, 1.165) is 23.8 Å². The maximum atomic E-state index is 12.6. The SMILES string of the molecule is Cc1cn(CC(=O)N(CC(=O)O)[C@H]2CCCC[C@@H]2N)c(=O)[nH]c1=O. The molecule has 24 heavy (non-hydrogen) atoms. The van der Waals surface area contributed by atoms with Gasteiger partial charge in [-0.25, -0.2) is 4.79 Å². The maximum absolute atomic E-state index is 12.6. The Morgan fingerprint density at radius 3 is 2.67 bits per heavy atom. The average Bonchev–Trinajstić information content (AvgIpc) is 2.51. The Morgan fingerprint density at radius 1 is 1.38 bits per heavy atom. The number of amides is 1. The molecule has 0 aliphatic heterocycles. The maximum Gasteiger partial charge on any atom is 0.328 e. The molecule has 1 aliphatic rings. The van der Waals surface area contributed by atoms with Gasteiger partial charge in [0, 0.05) is 23.8 Å². The third-order valence-electron chi connectivity index (χ3n) is 4.30. The van der Waals surface area contributed by atoms with Crippen molar-refractivity contribution < 1.29 is 14.7 Å². The summed E-state index contributed by atoms with van der Waals surface area (Å²) in [5, 5.41) is 9.10. The van der Waals surface area contributed by atoms with Gasteiger partial charge in [-0.15, -0.1) is 0 Å². The minimum atomic E-state index is -1.13. The number of aliphatic carboxylic acids is 1. The van der Waals surface area contributed by atoms with Gasteiger partial charge in [0.2, 0.25) is 5.91 Å². The molecule has 2 rings (SSSR count). The first-order chi connectivity index (χ1) is 11.3. The summed E-state index contributed by atoms with van der Waals surface area (Å²) < 4.78 is 1.07. The van der Waals surface area contributed by atoms with Crippen LogP contribution >= 0.6 is 0 Å². The van der Waals surface area contributed by atoms with E-state index >= 15 is 0 Å². The highest BCUT2D eigenvalue weighted by Crippen LogP contribution is 2.22. The van der Waals surface area contributed by atoms with E-state index in [-0.39, 0.29) is 18.6 Å². The molecular weight excluding hydrogens is 316 g/mol. The second-order valence-electron chi connectivity index (χ2n) is 6.13. The highest BCUT2D eigenvalue weighted by molar-refractivity contribution is 5.81. The van der Waals surface area contributed by atoms with Crippen molar-refractivity contribution in [2.75, 3.05) is 6.54 Å². The first-order valence-corrected chi connectivity index (χ1v) is 7.87. The van der Waals surface area contributed by atoms with Crippen LogP contribution < -0.4 is 17.0 Å². The Kier molecular flexibility index (Phi) is 5.55. The Balaban J connectivity index is 2.24. The smallest absolute Gasteiger partial charge is 0.328 e. The fourth-order valence-electron chi connectivity index (χ4n) is 3.04. The van der Waals surface area contributed by atoms with E-state index in [2.05, 4.69) is 4.98 Å². The molecule has 1 aliphatic carbocycles. The second kappa shape index (κ2) is 7.43. The van der Waals surface area contributed by atoms with Crippen LogP contribution in [-0.2, 0) is 16.1 Å². The average molecular weight is 338 g/mol. The molecule has 1 amide bonds. The van der Waals surface area contributed by atoms with Crippen LogP contribution in [0.3, 0.4) is 0 Å². The Morgan fingerprint density at radius 2 is 2.04 bits per heavy atom. The van der Waals surface area contributed by atoms with Gasteiger partial charge in [0.15, 0.2) is 0 Å². The molecule has 2 atom stereocenters. The van der Waals surface area contributed by atoms with Gasteiger partial charge in [0.25, 0.3) is 5.56 Å². The molecule has 0 radical (unpaired) electrons. The third kappa shape index (κ3) is 4.10. The summed E-state index contributed by atoms with van der Waals surface area (Å²) in [4.78, 5) is 50.3. The first-order valence-electron chi connectivity index (χ1n) is 7.87. The van der Waals surface area contributed by atoms with Gasteiger partial charge in [-0.05, 0) is 19.8 Å². The van der Waals surface area contributed by atoms with Crippen molar-refractivity contribution >= 4 is 11.9 Å². The zero-order chi connectivity index (χ0) is 17.9. The number of hydrogen-bond donors (Lipinski definition) is 3. The molecule has 1 aromatic heterocycles. The lowest BCUT2D eigenvalue weighted by Gasteiger charge is -2.37. The summed E-state index contributed by atoms with van der Waals surface area (Å²) in [6.45, 7) is 0.715. The summed E-state index contributed by atoms with van der Waals surface area (Å²) in [6.07, 6.45) is 4.48. The highest BCUT2D eigenvalue weighted by atomic mass is 16.4. The molecule has 9 heteroatoms. The number of carboxylic acids is 1. The molecule has 4 N–H and O–H groups in total. The second-order valence-corrected chi connectivity index (χ2v) is 6.13. The summed E-state index contributed by atoms with van der Waals surface area (Å²) in [7, 11) is 0. The van der Waals surface area contributed by atoms with Gasteiger partial charge in [-0.3, -0.25) is 23.9 Å². The Labute approximate surface area is 138 Å². The fourth-order valence-corrected chi connectivity index (χ4v) is 3.04. The van der Waals surface area contributed by atoms with Gasteiger partial charge in [0.1, 0.15) is 13.1 Å². The van der Waals surface area contributed by atoms with E-state index in [0.29, 0.717) is 12.0 Å². The van der Waals surface area contributed by atoms with Gasteiger partial charge in [-0.1, -0.05) is 12.8 Å². The van der Waals surface area contributed by atoms with Crippen LogP contribution in [0.4, 0.5) is 0 Å². The normalized spacial score (nSPS) is 20.6. The van der Waals surface area contributed by atoms with Crippen LogP contribution in [0, 0.1) is 6.92 Å². The predicted octanol–water partition coefficient (Wildman–Crippen LogP) is -0.972. The molecular formula is C15H22N4O5. The van der Waals surface area contributed by atoms with Gasteiger partial charge >= 0.3 is 11.7 Å².